The maximum Gasteiger partial charge on any atom is 0.303 e. The summed E-state index contributed by atoms with van der Waals surface area (Å²) in [6.07, 6.45) is 22.0. The second kappa shape index (κ2) is 10.7. The second-order valence-corrected chi connectivity index (χ2v) is 7.30. The summed E-state index contributed by atoms with van der Waals surface area (Å²) in [6.45, 7) is 2.25. The van der Waals surface area contributed by atoms with Gasteiger partial charge in [-0.05, 0) is 50.9 Å². The summed E-state index contributed by atoms with van der Waals surface area (Å²) in [6, 6.07) is 0. The number of carboxylic acid groups (broad SMARTS) is 1. The van der Waals surface area contributed by atoms with Gasteiger partial charge in [0.15, 0.2) is 0 Å². The summed E-state index contributed by atoms with van der Waals surface area (Å²) in [4.78, 5) is 10.5. The molecule has 0 aliphatic carbocycles. The number of ether oxygens (including phenoxy) is 1. The Balaban J connectivity index is 1.72. The number of carboxylic acids is 1. The largest absolute Gasteiger partial charge is 0.481 e. The Bertz CT molecular complexity index is 427. The molecule has 0 spiro atoms. The van der Waals surface area contributed by atoms with Crippen LogP contribution in [0.4, 0.5) is 0 Å². The van der Waals surface area contributed by atoms with Gasteiger partial charge in [-0.15, -0.1) is 0 Å². The van der Waals surface area contributed by atoms with Crippen molar-refractivity contribution in [1.29, 1.82) is 0 Å². The quantitative estimate of drug-likeness (QED) is 0.378. The highest BCUT2D eigenvalue weighted by Crippen LogP contribution is 2.45. The highest BCUT2D eigenvalue weighted by atomic mass is 16.5. The summed E-state index contributed by atoms with van der Waals surface area (Å²) in [5, 5.41) is 8.65. The molecule has 2 aliphatic heterocycles. The molecule has 136 valence electrons. The lowest BCUT2D eigenvalue weighted by molar-refractivity contribution is -0.137. The first-order valence-electron chi connectivity index (χ1n) is 9.91. The minimum absolute atomic E-state index is 0.269. The molecule has 2 heterocycles. The zero-order valence-electron chi connectivity index (χ0n) is 15.2. The summed E-state index contributed by atoms with van der Waals surface area (Å²) >= 11 is 0. The number of hydrogen-bond acceptors (Lipinski definition) is 2. The average Bonchev–Trinajstić information content (AvgIpc) is 3.15. The second-order valence-electron chi connectivity index (χ2n) is 7.30. The molecule has 2 saturated heterocycles. The average molecular weight is 335 g/mol. The van der Waals surface area contributed by atoms with E-state index < -0.39 is 5.97 Å². The lowest BCUT2D eigenvalue weighted by Crippen LogP contribution is -2.25. The van der Waals surface area contributed by atoms with Gasteiger partial charge in [0.25, 0.3) is 0 Å². The van der Waals surface area contributed by atoms with Gasteiger partial charge in [0.05, 0.1) is 12.2 Å². The van der Waals surface area contributed by atoms with Gasteiger partial charge in [-0.1, -0.05) is 50.5 Å². The van der Waals surface area contributed by atoms with E-state index in [4.69, 9.17) is 9.84 Å². The van der Waals surface area contributed by atoms with Gasteiger partial charge in [-0.2, -0.15) is 0 Å². The van der Waals surface area contributed by atoms with E-state index in [1.165, 1.54) is 44.9 Å². The van der Waals surface area contributed by atoms with Crippen LogP contribution in [0.3, 0.4) is 0 Å². The van der Waals surface area contributed by atoms with E-state index in [0.29, 0.717) is 24.0 Å². The first-order valence-corrected chi connectivity index (χ1v) is 9.91. The summed E-state index contributed by atoms with van der Waals surface area (Å²) in [7, 11) is 0. The van der Waals surface area contributed by atoms with Crippen molar-refractivity contribution in [2.45, 2.75) is 89.8 Å². The van der Waals surface area contributed by atoms with Crippen LogP contribution >= 0.6 is 0 Å². The SMILES string of the molecule is CCCCCC/C=C/[C@@H]1[C@H](C/C=C\CCCC(=O)O)[C@@H]2CC[C@H]1O2. The van der Waals surface area contributed by atoms with Crippen LogP contribution in [0.2, 0.25) is 0 Å². The third-order valence-electron chi connectivity index (χ3n) is 5.41. The van der Waals surface area contributed by atoms with Gasteiger partial charge in [0.2, 0.25) is 0 Å². The Morgan fingerprint density at radius 1 is 1.04 bits per heavy atom. The van der Waals surface area contributed by atoms with E-state index in [-0.39, 0.29) is 6.42 Å². The highest BCUT2D eigenvalue weighted by Gasteiger charge is 2.46. The predicted octanol–water partition coefficient (Wildman–Crippen LogP) is 5.51. The topological polar surface area (TPSA) is 46.5 Å². The zero-order valence-corrected chi connectivity index (χ0v) is 15.2. The van der Waals surface area contributed by atoms with Crippen LogP contribution < -0.4 is 0 Å². The number of fused-ring (bicyclic) bond motifs is 2. The van der Waals surface area contributed by atoms with Crippen molar-refractivity contribution in [3.8, 4) is 0 Å². The normalized spacial score (nSPS) is 29.2. The van der Waals surface area contributed by atoms with E-state index >= 15 is 0 Å². The number of rotatable bonds is 12. The van der Waals surface area contributed by atoms with Crippen molar-refractivity contribution in [1.82, 2.24) is 0 Å². The molecular weight excluding hydrogens is 300 g/mol. The van der Waals surface area contributed by atoms with Crippen molar-refractivity contribution in [2.24, 2.45) is 11.8 Å². The van der Waals surface area contributed by atoms with Crippen molar-refractivity contribution >= 4 is 5.97 Å². The smallest absolute Gasteiger partial charge is 0.303 e. The number of aliphatic carboxylic acids is 1. The Kier molecular flexibility index (Phi) is 8.58. The molecule has 2 bridgehead atoms. The van der Waals surface area contributed by atoms with Crippen molar-refractivity contribution < 1.29 is 14.6 Å². The number of carbonyl (C=O) groups is 1. The molecule has 3 nitrogen and oxygen atoms in total. The Morgan fingerprint density at radius 2 is 1.83 bits per heavy atom. The fraction of sp³-hybridized carbons (Fsp3) is 0.762. The molecule has 4 atom stereocenters. The molecule has 2 rings (SSSR count). The lowest BCUT2D eigenvalue weighted by atomic mass is 9.77. The van der Waals surface area contributed by atoms with E-state index in [9.17, 15) is 4.79 Å². The fourth-order valence-electron chi connectivity index (χ4n) is 4.07. The van der Waals surface area contributed by atoms with Crippen molar-refractivity contribution in [3.63, 3.8) is 0 Å². The standard InChI is InChI=1S/C21H34O3/c1-2-3-4-5-6-9-12-17-18(20-16-15-19(17)24-20)13-10-7-8-11-14-21(22)23/h7,9-10,12,17-20H,2-6,8,11,13-16H2,1H3,(H,22,23)/b10-7-,12-9+/t17-,18+,19-,20+/m1/s1. The van der Waals surface area contributed by atoms with Gasteiger partial charge < -0.3 is 9.84 Å². The first-order chi connectivity index (χ1) is 11.7. The first kappa shape index (κ1) is 19.2. The third kappa shape index (κ3) is 6.08. The van der Waals surface area contributed by atoms with E-state index in [1.807, 2.05) is 0 Å². The van der Waals surface area contributed by atoms with Crippen molar-refractivity contribution in [3.05, 3.63) is 24.3 Å². The fourth-order valence-corrected chi connectivity index (χ4v) is 4.07. The highest BCUT2D eigenvalue weighted by molar-refractivity contribution is 5.66. The molecule has 0 unspecified atom stereocenters. The van der Waals surface area contributed by atoms with Gasteiger partial charge >= 0.3 is 5.97 Å². The number of allylic oxidation sites excluding steroid dienone is 3. The Labute approximate surface area is 147 Å². The van der Waals surface area contributed by atoms with Crippen LogP contribution in [0.5, 0.6) is 0 Å². The minimum atomic E-state index is -0.700. The molecule has 3 heteroatoms. The lowest BCUT2D eigenvalue weighted by Gasteiger charge is -2.24. The van der Waals surface area contributed by atoms with Crippen LogP contribution in [-0.4, -0.2) is 23.3 Å². The molecule has 2 fully saturated rings. The molecule has 1 N–H and O–H groups in total. The van der Waals surface area contributed by atoms with E-state index in [2.05, 4.69) is 31.2 Å². The maximum atomic E-state index is 10.5. The minimum Gasteiger partial charge on any atom is -0.481 e. The van der Waals surface area contributed by atoms with Crippen LogP contribution in [0.15, 0.2) is 24.3 Å². The van der Waals surface area contributed by atoms with Gasteiger partial charge in [-0.3, -0.25) is 4.79 Å². The molecule has 0 saturated carbocycles. The van der Waals surface area contributed by atoms with E-state index in [0.717, 1.165) is 19.3 Å². The summed E-state index contributed by atoms with van der Waals surface area (Å²) < 4.78 is 6.14. The molecule has 0 amide bonds. The summed E-state index contributed by atoms with van der Waals surface area (Å²) in [5.41, 5.74) is 0. The van der Waals surface area contributed by atoms with Gasteiger partial charge in [0, 0.05) is 12.3 Å². The molecule has 0 radical (unpaired) electrons. The zero-order chi connectivity index (χ0) is 17.2. The molecule has 0 aromatic heterocycles. The van der Waals surface area contributed by atoms with Gasteiger partial charge in [-0.25, -0.2) is 0 Å². The molecule has 2 aliphatic rings. The number of hydrogen-bond donors (Lipinski definition) is 1. The Morgan fingerprint density at radius 3 is 2.62 bits per heavy atom. The van der Waals surface area contributed by atoms with Gasteiger partial charge in [0.1, 0.15) is 0 Å². The monoisotopic (exact) mass is 334 g/mol. The molecule has 24 heavy (non-hydrogen) atoms. The molecule has 0 aromatic carbocycles. The van der Waals surface area contributed by atoms with Crippen LogP contribution in [-0.2, 0) is 9.53 Å². The Hall–Kier alpha value is -1.09. The van der Waals surface area contributed by atoms with E-state index in [1.54, 1.807) is 0 Å². The predicted molar refractivity (Wildman–Crippen MR) is 98.0 cm³/mol. The summed E-state index contributed by atoms with van der Waals surface area (Å²) in [5.74, 6) is 0.499. The third-order valence-corrected chi connectivity index (χ3v) is 5.41. The van der Waals surface area contributed by atoms with Crippen molar-refractivity contribution in [2.75, 3.05) is 0 Å². The number of unbranched alkanes of at least 4 members (excludes halogenated alkanes) is 5. The van der Waals surface area contributed by atoms with Crippen LogP contribution in [0, 0.1) is 11.8 Å². The molecular formula is C21H34O3. The van der Waals surface area contributed by atoms with Crippen LogP contribution in [0.25, 0.3) is 0 Å². The van der Waals surface area contributed by atoms with Crippen LogP contribution in [0.1, 0.15) is 77.6 Å². The maximum absolute atomic E-state index is 10.5. The molecule has 0 aromatic rings.